The molecule has 1 unspecified atom stereocenters. The van der Waals surface area contributed by atoms with Gasteiger partial charge in [0.1, 0.15) is 12.1 Å². The second kappa shape index (κ2) is 14.2. The number of sulfonamides is 1. The molecule has 3 N–H and O–H groups in total. The summed E-state index contributed by atoms with van der Waals surface area (Å²) in [7, 11) is -3.95. The zero-order valence-electron chi connectivity index (χ0n) is 22.6. The van der Waals surface area contributed by atoms with Crippen LogP contribution in [0.4, 0.5) is 0 Å². The van der Waals surface area contributed by atoms with Gasteiger partial charge in [0.25, 0.3) is 0 Å². The van der Waals surface area contributed by atoms with Crippen molar-refractivity contribution < 1.29 is 27.9 Å². The quantitative estimate of drug-likeness (QED) is 0.324. The number of aryl methyl sites for hydroxylation is 1. The normalized spacial score (nSPS) is 15.9. The number of amides is 2. The lowest BCUT2D eigenvalue weighted by molar-refractivity contribution is -0.143. The Morgan fingerprint density at radius 1 is 0.974 bits per heavy atom. The van der Waals surface area contributed by atoms with E-state index in [0.29, 0.717) is 19.3 Å². The zero-order chi connectivity index (χ0) is 28.4. The maximum atomic E-state index is 13.6. The number of nitrogens with one attached hydrogen (secondary N) is 2. The first-order valence-corrected chi connectivity index (χ1v) is 15.0. The molecule has 3 rings (SSSR count). The Morgan fingerprint density at radius 2 is 1.62 bits per heavy atom. The number of nitrogens with zero attached hydrogens (tertiary/aromatic N) is 1. The topological polar surface area (TPSA) is 133 Å². The number of carboxylic acids is 1. The van der Waals surface area contributed by atoms with E-state index in [9.17, 15) is 27.9 Å². The Labute approximate surface area is 231 Å². The molecule has 10 heteroatoms. The first-order chi connectivity index (χ1) is 18.6. The molecule has 2 aromatic rings. The molecule has 2 aromatic carbocycles. The van der Waals surface area contributed by atoms with E-state index in [1.807, 2.05) is 44.2 Å². The van der Waals surface area contributed by atoms with Gasteiger partial charge in [0.15, 0.2) is 0 Å². The van der Waals surface area contributed by atoms with E-state index in [-0.39, 0.29) is 36.2 Å². The molecule has 39 heavy (non-hydrogen) atoms. The third-order valence-corrected chi connectivity index (χ3v) is 8.59. The van der Waals surface area contributed by atoms with Crippen LogP contribution in [0.2, 0.25) is 0 Å². The van der Waals surface area contributed by atoms with E-state index < -0.39 is 34.0 Å². The fourth-order valence-electron chi connectivity index (χ4n) is 4.73. The molecule has 2 amide bonds. The second-order valence-corrected chi connectivity index (χ2v) is 11.9. The minimum absolute atomic E-state index is 0.0845. The number of carboxylic acid groups (broad SMARTS) is 1. The van der Waals surface area contributed by atoms with Gasteiger partial charge in [0.05, 0.1) is 4.90 Å². The fourth-order valence-corrected chi connectivity index (χ4v) is 5.92. The van der Waals surface area contributed by atoms with Crippen molar-refractivity contribution in [2.24, 2.45) is 5.92 Å². The first-order valence-electron chi connectivity index (χ1n) is 13.6. The predicted molar refractivity (Wildman–Crippen MR) is 148 cm³/mol. The van der Waals surface area contributed by atoms with Gasteiger partial charge in [-0.25, -0.2) is 13.2 Å². The maximum Gasteiger partial charge on any atom is 0.326 e. The van der Waals surface area contributed by atoms with Gasteiger partial charge in [0.2, 0.25) is 21.8 Å². The van der Waals surface area contributed by atoms with Gasteiger partial charge in [-0.15, -0.1) is 0 Å². The molecule has 0 aromatic heterocycles. The standard InChI is InChI=1S/C29H39N3O6S/c1-3-4-6-11-25(29(35)36)30-27(33)23-16-18-32(19-17-23)28(34)26(20-22-9-7-5-8-10-22)31-39(37,38)24-14-12-21(2)13-15-24/h5,7-10,12-15,23,25-26,31H,3-4,6,11,16-20H2,1-2H3,(H,30,33)(H,35,36)/t25?,26-/m0/s1. The molecule has 0 spiro atoms. The van der Waals surface area contributed by atoms with Crippen molar-refractivity contribution in [1.82, 2.24) is 14.9 Å². The lowest BCUT2D eigenvalue weighted by Gasteiger charge is -2.34. The van der Waals surface area contributed by atoms with Crippen LogP contribution in [0.15, 0.2) is 59.5 Å². The molecule has 2 atom stereocenters. The average Bonchev–Trinajstić information content (AvgIpc) is 2.92. The van der Waals surface area contributed by atoms with Crippen LogP contribution in [-0.4, -0.2) is 61.4 Å². The van der Waals surface area contributed by atoms with Crippen LogP contribution < -0.4 is 10.0 Å². The number of carbonyl (C=O) groups excluding carboxylic acids is 2. The van der Waals surface area contributed by atoms with Crippen molar-refractivity contribution in [2.75, 3.05) is 13.1 Å². The summed E-state index contributed by atoms with van der Waals surface area (Å²) >= 11 is 0. The molecule has 9 nitrogen and oxygen atoms in total. The third kappa shape index (κ3) is 8.90. The van der Waals surface area contributed by atoms with Gasteiger partial charge >= 0.3 is 5.97 Å². The third-order valence-electron chi connectivity index (χ3n) is 7.10. The molecule has 1 aliphatic rings. The summed E-state index contributed by atoms with van der Waals surface area (Å²) in [6.45, 7) is 4.45. The summed E-state index contributed by atoms with van der Waals surface area (Å²) in [6.07, 6.45) is 3.90. The van der Waals surface area contributed by atoms with E-state index >= 15 is 0 Å². The minimum atomic E-state index is -3.95. The van der Waals surface area contributed by atoms with E-state index in [4.69, 9.17) is 0 Å². The highest BCUT2D eigenvalue weighted by Crippen LogP contribution is 2.21. The highest BCUT2D eigenvalue weighted by atomic mass is 32.2. The molecule has 1 saturated heterocycles. The number of hydrogen-bond donors (Lipinski definition) is 3. The summed E-state index contributed by atoms with van der Waals surface area (Å²) in [5.41, 5.74) is 1.74. The van der Waals surface area contributed by atoms with Crippen molar-refractivity contribution >= 4 is 27.8 Å². The van der Waals surface area contributed by atoms with Crippen LogP contribution in [0.5, 0.6) is 0 Å². The first kappa shape index (κ1) is 30.3. The van der Waals surface area contributed by atoms with Gasteiger partial charge in [0, 0.05) is 19.0 Å². The van der Waals surface area contributed by atoms with Crippen molar-refractivity contribution in [1.29, 1.82) is 0 Å². The van der Waals surface area contributed by atoms with Crippen LogP contribution in [0.1, 0.15) is 56.6 Å². The van der Waals surface area contributed by atoms with Gasteiger partial charge in [-0.2, -0.15) is 4.72 Å². The van der Waals surface area contributed by atoms with Crippen LogP contribution >= 0.6 is 0 Å². The van der Waals surface area contributed by atoms with Gasteiger partial charge < -0.3 is 15.3 Å². The molecule has 0 radical (unpaired) electrons. The number of unbranched alkanes of at least 4 members (excludes halogenated alkanes) is 2. The molecule has 0 saturated carbocycles. The summed E-state index contributed by atoms with van der Waals surface area (Å²) in [6, 6.07) is 13.7. The Hall–Kier alpha value is -3.24. The van der Waals surface area contributed by atoms with Crippen LogP contribution in [0.25, 0.3) is 0 Å². The Balaban J connectivity index is 1.66. The van der Waals surface area contributed by atoms with Gasteiger partial charge in [-0.05, 0) is 50.3 Å². The summed E-state index contributed by atoms with van der Waals surface area (Å²) in [5, 5.41) is 12.1. The number of likely N-dealkylation sites (tertiary alicyclic amines) is 1. The van der Waals surface area contributed by atoms with Crippen LogP contribution in [0, 0.1) is 12.8 Å². The number of benzene rings is 2. The maximum absolute atomic E-state index is 13.6. The number of hydrogen-bond acceptors (Lipinski definition) is 5. The van der Waals surface area contributed by atoms with E-state index in [1.54, 1.807) is 17.0 Å². The van der Waals surface area contributed by atoms with E-state index in [0.717, 1.165) is 30.4 Å². The molecule has 212 valence electrons. The van der Waals surface area contributed by atoms with Crippen molar-refractivity contribution in [3.8, 4) is 0 Å². The molecule has 0 aliphatic carbocycles. The van der Waals surface area contributed by atoms with E-state index in [2.05, 4.69) is 10.0 Å². The average molecular weight is 558 g/mol. The largest absolute Gasteiger partial charge is 0.480 e. The van der Waals surface area contributed by atoms with Crippen LogP contribution in [0.3, 0.4) is 0 Å². The molecule has 1 fully saturated rings. The Morgan fingerprint density at radius 3 is 2.21 bits per heavy atom. The van der Waals surface area contributed by atoms with Crippen molar-refractivity contribution in [2.45, 2.75) is 75.8 Å². The summed E-state index contributed by atoms with van der Waals surface area (Å²) < 4.78 is 28.9. The van der Waals surface area contributed by atoms with E-state index in [1.165, 1.54) is 12.1 Å². The Kier molecular flexibility index (Phi) is 11.1. The van der Waals surface area contributed by atoms with Gasteiger partial charge in [-0.1, -0.05) is 74.2 Å². The number of aliphatic carboxylic acids is 1. The second-order valence-electron chi connectivity index (χ2n) is 10.2. The highest BCUT2D eigenvalue weighted by molar-refractivity contribution is 7.89. The molecule has 1 heterocycles. The fraction of sp³-hybridized carbons (Fsp3) is 0.483. The summed E-state index contributed by atoms with van der Waals surface area (Å²) in [4.78, 5) is 39.6. The molecule has 1 aliphatic heterocycles. The van der Waals surface area contributed by atoms with Crippen LogP contribution in [-0.2, 0) is 30.8 Å². The highest BCUT2D eigenvalue weighted by Gasteiger charge is 2.34. The minimum Gasteiger partial charge on any atom is -0.480 e. The number of rotatable bonds is 13. The van der Waals surface area contributed by atoms with Crippen molar-refractivity contribution in [3.05, 3.63) is 65.7 Å². The number of piperidine rings is 1. The zero-order valence-corrected chi connectivity index (χ0v) is 23.5. The van der Waals surface area contributed by atoms with Crippen molar-refractivity contribution in [3.63, 3.8) is 0 Å². The monoisotopic (exact) mass is 557 g/mol. The number of carbonyl (C=O) groups is 3. The molecular formula is C29H39N3O6S. The smallest absolute Gasteiger partial charge is 0.326 e. The lowest BCUT2D eigenvalue weighted by atomic mass is 9.94. The van der Waals surface area contributed by atoms with Gasteiger partial charge in [-0.3, -0.25) is 9.59 Å². The molecular weight excluding hydrogens is 518 g/mol. The lowest BCUT2D eigenvalue weighted by Crippen LogP contribution is -2.53. The Bertz CT molecular complexity index is 1210. The summed E-state index contributed by atoms with van der Waals surface area (Å²) in [5.74, 6) is -2.11. The molecule has 0 bridgehead atoms. The SMILES string of the molecule is CCCCCC(NC(=O)C1CCN(C(=O)[C@H](Cc2ccccc2)NS(=O)(=O)c2ccc(C)cc2)CC1)C(=O)O. The predicted octanol–water partition coefficient (Wildman–Crippen LogP) is 3.27.